The number of likely N-dealkylation sites (N-methyl/N-ethyl adjacent to an activating group) is 1. The molecule has 0 saturated heterocycles. The lowest BCUT2D eigenvalue weighted by Gasteiger charge is -2.29. The summed E-state index contributed by atoms with van der Waals surface area (Å²) in [5, 5.41) is 0. The van der Waals surface area contributed by atoms with Crippen LogP contribution < -0.4 is 0 Å². The SMILES string of the molecule is CN(Sc1ccccc1Br)C(C)(C)C=O. The molecular weight excluding hydrogens is 274 g/mol. The maximum absolute atomic E-state index is 10.9. The van der Waals surface area contributed by atoms with Gasteiger partial charge in [0.25, 0.3) is 0 Å². The topological polar surface area (TPSA) is 20.3 Å². The van der Waals surface area contributed by atoms with E-state index < -0.39 is 5.54 Å². The minimum atomic E-state index is -0.458. The van der Waals surface area contributed by atoms with Gasteiger partial charge in [-0.05, 0) is 60.9 Å². The smallest absolute Gasteiger partial charge is 0.140 e. The molecule has 1 aromatic carbocycles. The van der Waals surface area contributed by atoms with Gasteiger partial charge in [0.15, 0.2) is 0 Å². The van der Waals surface area contributed by atoms with Crippen molar-refractivity contribution in [1.29, 1.82) is 0 Å². The maximum atomic E-state index is 10.9. The van der Waals surface area contributed by atoms with Crippen molar-refractivity contribution in [2.45, 2.75) is 24.3 Å². The Balaban J connectivity index is 2.79. The number of hydrogen-bond donors (Lipinski definition) is 0. The molecule has 0 aliphatic heterocycles. The standard InChI is InChI=1S/C11H14BrNOS/c1-11(2,8-14)13(3)15-10-7-5-4-6-9(10)12/h4-8H,1-3H3. The van der Waals surface area contributed by atoms with Crippen molar-refractivity contribution in [2.24, 2.45) is 0 Å². The van der Waals surface area contributed by atoms with E-state index in [0.29, 0.717) is 0 Å². The van der Waals surface area contributed by atoms with Gasteiger partial charge < -0.3 is 4.79 Å². The van der Waals surface area contributed by atoms with Gasteiger partial charge in [-0.2, -0.15) is 0 Å². The summed E-state index contributed by atoms with van der Waals surface area (Å²) in [6, 6.07) is 7.96. The van der Waals surface area contributed by atoms with Crippen LogP contribution in [0.4, 0.5) is 0 Å². The highest BCUT2D eigenvalue weighted by atomic mass is 79.9. The van der Waals surface area contributed by atoms with Crippen LogP contribution in [0.5, 0.6) is 0 Å². The second kappa shape index (κ2) is 5.14. The number of aldehydes is 1. The predicted octanol–water partition coefficient (Wildman–Crippen LogP) is 3.37. The van der Waals surface area contributed by atoms with Crippen LogP contribution in [0.1, 0.15) is 13.8 Å². The van der Waals surface area contributed by atoms with Gasteiger partial charge in [0.1, 0.15) is 6.29 Å². The van der Waals surface area contributed by atoms with Crippen molar-refractivity contribution in [3.05, 3.63) is 28.7 Å². The van der Waals surface area contributed by atoms with E-state index in [2.05, 4.69) is 15.9 Å². The van der Waals surface area contributed by atoms with Gasteiger partial charge in [-0.3, -0.25) is 0 Å². The number of carbonyl (C=O) groups is 1. The Hall–Kier alpha value is -0.320. The summed E-state index contributed by atoms with van der Waals surface area (Å²) >= 11 is 5.03. The highest BCUT2D eigenvalue weighted by Gasteiger charge is 2.23. The molecule has 0 atom stereocenters. The number of halogens is 1. The summed E-state index contributed by atoms with van der Waals surface area (Å²) < 4.78 is 2.99. The fourth-order valence-corrected chi connectivity index (χ4v) is 2.23. The van der Waals surface area contributed by atoms with Crippen LogP contribution in [0.2, 0.25) is 0 Å². The molecule has 82 valence electrons. The lowest BCUT2D eigenvalue weighted by molar-refractivity contribution is -0.113. The van der Waals surface area contributed by atoms with Gasteiger partial charge in [-0.25, -0.2) is 4.31 Å². The molecule has 0 fully saturated rings. The molecule has 1 rings (SSSR count). The second-order valence-electron chi connectivity index (χ2n) is 3.79. The molecule has 0 aliphatic rings. The zero-order chi connectivity index (χ0) is 11.5. The molecule has 0 saturated carbocycles. The van der Waals surface area contributed by atoms with Crippen LogP contribution in [0.25, 0.3) is 0 Å². The summed E-state index contributed by atoms with van der Waals surface area (Å²) in [6.07, 6.45) is 0.955. The summed E-state index contributed by atoms with van der Waals surface area (Å²) in [4.78, 5) is 12.0. The van der Waals surface area contributed by atoms with Crippen LogP contribution in [-0.4, -0.2) is 23.2 Å². The Labute approximate surface area is 103 Å². The Morgan fingerprint density at radius 2 is 2.00 bits per heavy atom. The normalized spacial score (nSPS) is 11.8. The lowest BCUT2D eigenvalue weighted by Crippen LogP contribution is -2.37. The van der Waals surface area contributed by atoms with Gasteiger partial charge in [-0.1, -0.05) is 12.1 Å². The summed E-state index contributed by atoms with van der Waals surface area (Å²) in [7, 11) is 1.92. The van der Waals surface area contributed by atoms with E-state index in [1.54, 1.807) is 11.9 Å². The maximum Gasteiger partial charge on any atom is 0.140 e. The van der Waals surface area contributed by atoms with Crippen molar-refractivity contribution in [3.63, 3.8) is 0 Å². The molecule has 2 nitrogen and oxygen atoms in total. The summed E-state index contributed by atoms with van der Waals surface area (Å²) in [5.41, 5.74) is -0.458. The molecule has 0 bridgehead atoms. The minimum Gasteiger partial charge on any atom is -0.301 e. The highest BCUT2D eigenvalue weighted by Crippen LogP contribution is 2.32. The number of benzene rings is 1. The predicted molar refractivity (Wildman–Crippen MR) is 67.9 cm³/mol. The van der Waals surface area contributed by atoms with E-state index >= 15 is 0 Å². The quantitative estimate of drug-likeness (QED) is 0.626. The van der Waals surface area contributed by atoms with Crippen molar-refractivity contribution < 1.29 is 4.79 Å². The molecule has 0 spiro atoms. The Kier molecular flexibility index (Phi) is 4.37. The Morgan fingerprint density at radius 3 is 2.53 bits per heavy atom. The van der Waals surface area contributed by atoms with Crippen LogP contribution in [0.3, 0.4) is 0 Å². The van der Waals surface area contributed by atoms with Gasteiger partial charge in [0, 0.05) is 9.37 Å². The number of nitrogens with zero attached hydrogens (tertiary/aromatic N) is 1. The van der Waals surface area contributed by atoms with Crippen molar-refractivity contribution in [1.82, 2.24) is 4.31 Å². The van der Waals surface area contributed by atoms with E-state index in [1.165, 1.54) is 0 Å². The molecule has 0 N–H and O–H groups in total. The first-order valence-corrected chi connectivity index (χ1v) is 6.16. The Morgan fingerprint density at radius 1 is 1.40 bits per heavy atom. The van der Waals surface area contributed by atoms with E-state index in [1.807, 2.05) is 49.5 Å². The van der Waals surface area contributed by atoms with Crippen LogP contribution in [0, 0.1) is 0 Å². The van der Waals surface area contributed by atoms with Gasteiger partial charge >= 0.3 is 0 Å². The number of rotatable bonds is 4. The molecule has 4 heteroatoms. The van der Waals surface area contributed by atoms with Crippen LogP contribution in [0.15, 0.2) is 33.6 Å². The first-order valence-electron chi connectivity index (χ1n) is 4.60. The first-order chi connectivity index (χ1) is 6.97. The zero-order valence-electron chi connectivity index (χ0n) is 9.03. The summed E-state index contributed by atoms with van der Waals surface area (Å²) in [5.74, 6) is 0. The molecule has 0 aliphatic carbocycles. The zero-order valence-corrected chi connectivity index (χ0v) is 11.4. The molecule has 0 amide bonds. The van der Waals surface area contributed by atoms with Crippen molar-refractivity contribution >= 4 is 34.2 Å². The van der Waals surface area contributed by atoms with E-state index in [9.17, 15) is 4.79 Å². The molecule has 0 unspecified atom stereocenters. The molecule has 0 heterocycles. The molecule has 1 aromatic rings. The van der Waals surface area contributed by atoms with Crippen molar-refractivity contribution in [2.75, 3.05) is 7.05 Å². The molecule has 15 heavy (non-hydrogen) atoms. The third-order valence-corrected chi connectivity index (χ3v) is 4.42. The van der Waals surface area contributed by atoms with E-state index in [4.69, 9.17) is 0 Å². The molecular formula is C11H14BrNOS. The van der Waals surface area contributed by atoms with Crippen LogP contribution in [-0.2, 0) is 4.79 Å². The van der Waals surface area contributed by atoms with Crippen LogP contribution >= 0.6 is 27.9 Å². The fourth-order valence-electron chi connectivity index (χ4n) is 0.858. The van der Waals surface area contributed by atoms with E-state index in [-0.39, 0.29) is 0 Å². The third-order valence-electron chi connectivity index (χ3n) is 2.17. The van der Waals surface area contributed by atoms with Gasteiger partial charge in [0.05, 0.1) is 5.54 Å². The minimum absolute atomic E-state index is 0.458. The van der Waals surface area contributed by atoms with E-state index in [0.717, 1.165) is 15.7 Å². The molecule has 0 aromatic heterocycles. The van der Waals surface area contributed by atoms with Crippen molar-refractivity contribution in [3.8, 4) is 0 Å². The lowest BCUT2D eigenvalue weighted by atomic mass is 10.1. The number of hydrogen-bond acceptors (Lipinski definition) is 3. The molecule has 0 radical (unpaired) electrons. The van der Waals surface area contributed by atoms with Gasteiger partial charge in [-0.15, -0.1) is 0 Å². The second-order valence-corrected chi connectivity index (χ2v) is 5.82. The largest absolute Gasteiger partial charge is 0.301 e. The monoisotopic (exact) mass is 287 g/mol. The highest BCUT2D eigenvalue weighted by molar-refractivity contribution is 9.10. The average molecular weight is 288 g/mol. The number of carbonyl (C=O) groups excluding carboxylic acids is 1. The first kappa shape index (κ1) is 12.7. The summed E-state index contributed by atoms with van der Waals surface area (Å²) in [6.45, 7) is 3.79. The fraction of sp³-hybridized carbons (Fsp3) is 0.364. The third kappa shape index (κ3) is 3.33. The Bertz CT molecular complexity index is 354. The average Bonchev–Trinajstić information content (AvgIpc) is 2.21. The van der Waals surface area contributed by atoms with Gasteiger partial charge in [0.2, 0.25) is 0 Å².